The van der Waals surface area contributed by atoms with Crippen LogP contribution in [0.2, 0.25) is 0 Å². The van der Waals surface area contributed by atoms with Crippen LogP contribution in [-0.4, -0.2) is 71.2 Å². The molecule has 2 aromatic rings. The molecule has 1 unspecified atom stereocenters. The standard InChI is InChI=1S/C26H33N3O6/c1-26(2)24(31)23(28-25(32)33)20-12-18(8-9-21(20)35-26)13-22(30)27-14-19-16-29(10-11-34-19)15-17-6-4-3-5-7-17/h3-9,12,19,23-24,28,31H,10-11,13-16H2,1-2H3,(H,27,30)(H,32,33)/t19?,23-,24+/m1/s1. The van der Waals surface area contributed by atoms with Crippen LogP contribution in [0, 0.1) is 0 Å². The molecule has 0 spiro atoms. The number of rotatable bonds is 7. The largest absolute Gasteiger partial charge is 0.485 e. The highest BCUT2D eigenvalue weighted by atomic mass is 16.5. The number of carbonyl (C=O) groups excluding carboxylic acids is 1. The quantitative estimate of drug-likeness (QED) is 0.476. The van der Waals surface area contributed by atoms with E-state index < -0.39 is 23.8 Å². The number of aliphatic hydroxyl groups excluding tert-OH is 1. The molecule has 2 aromatic carbocycles. The van der Waals surface area contributed by atoms with Gasteiger partial charge >= 0.3 is 6.09 Å². The molecule has 0 aliphatic carbocycles. The number of hydrogen-bond acceptors (Lipinski definition) is 6. The Morgan fingerprint density at radius 2 is 1.91 bits per heavy atom. The van der Waals surface area contributed by atoms with Gasteiger partial charge in [-0.3, -0.25) is 9.69 Å². The predicted molar refractivity (Wildman–Crippen MR) is 129 cm³/mol. The Kier molecular flexibility index (Phi) is 7.59. The second-order valence-electron chi connectivity index (χ2n) is 9.64. The summed E-state index contributed by atoms with van der Waals surface area (Å²) in [6.45, 7) is 6.87. The fraction of sp³-hybridized carbons (Fsp3) is 0.462. The van der Waals surface area contributed by atoms with E-state index in [4.69, 9.17) is 9.47 Å². The molecule has 0 bridgehead atoms. The number of nitrogens with one attached hydrogen (secondary N) is 2. The van der Waals surface area contributed by atoms with Crippen LogP contribution in [0.3, 0.4) is 0 Å². The highest BCUT2D eigenvalue weighted by molar-refractivity contribution is 5.78. The van der Waals surface area contributed by atoms with Gasteiger partial charge in [0, 0.05) is 31.7 Å². The first-order valence-electron chi connectivity index (χ1n) is 11.9. The first kappa shape index (κ1) is 25.0. The van der Waals surface area contributed by atoms with Crippen molar-refractivity contribution in [3.63, 3.8) is 0 Å². The van der Waals surface area contributed by atoms with E-state index >= 15 is 0 Å². The average Bonchev–Trinajstić information content (AvgIpc) is 2.82. The maximum atomic E-state index is 12.7. The summed E-state index contributed by atoms with van der Waals surface area (Å²) >= 11 is 0. The summed E-state index contributed by atoms with van der Waals surface area (Å²) in [4.78, 5) is 26.3. The summed E-state index contributed by atoms with van der Waals surface area (Å²) in [5.74, 6) is 0.325. The van der Waals surface area contributed by atoms with Crippen molar-refractivity contribution < 1.29 is 29.3 Å². The molecule has 4 rings (SSSR count). The molecule has 2 heterocycles. The van der Waals surface area contributed by atoms with Gasteiger partial charge in [0.1, 0.15) is 17.5 Å². The SMILES string of the molecule is CC1(C)Oc2ccc(CC(=O)NCC3CN(Cc4ccccc4)CCO3)cc2[C@@H](NC(=O)O)[C@@H]1O. The number of ether oxygens (including phenoxy) is 2. The molecule has 1 saturated heterocycles. The lowest BCUT2D eigenvalue weighted by molar-refractivity contribution is -0.121. The zero-order valence-corrected chi connectivity index (χ0v) is 20.1. The number of morpholine rings is 1. The Bertz CT molecular complexity index is 1040. The van der Waals surface area contributed by atoms with Crippen molar-refractivity contribution in [2.75, 3.05) is 26.2 Å². The minimum Gasteiger partial charge on any atom is -0.485 e. The molecule has 0 aromatic heterocycles. The number of carbonyl (C=O) groups is 2. The number of amides is 2. The Morgan fingerprint density at radius 3 is 2.66 bits per heavy atom. The molecule has 4 N–H and O–H groups in total. The summed E-state index contributed by atoms with van der Waals surface area (Å²) in [5, 5.41) is 25.2. The van der Waals surface area contributed by atoms with Gasteiger partial charge in [0.15, 0.2) is 0 Å². The highest BCUT2D eigenvalue weighted by Crippen LogP contribution is 2.40. The van der Waals surface area contributed by atoms with Crippen molar-refractivity contribution in [1.29, 1.82) is 0 Å². The highest BCUT2D eigenvalue weighted by Gasteiger charge is 2.43. The molecule has 9 heteroatoms. The number of benzene rings is 2. The summed E-state index contributed by atoms with van der Waals surface area (Å²) in [6.07, 6.45) is -2.30. The van der Waals surface area contributed by atoms with Crippen molar-refractivity contribution in [3.8, 4) is 5.75 Å². The molecule has 0 saturated carbocycles. The summed E-state index contributed by atoms with van der Waals surface area (Å²) in [5.41, 5.74) is 1.49. The molecule has 2 aliphatic rings. The first-order valence-corrected chi connectivity index (χ1v) is 11.9. The Labute approximate surface area is 205 Å². The summed E-state index contributed by atoms with van der Waals surface area (Å²) in [6, 6.07) is 14.6. The third kappa shape index (κ3) is 6.30. The van der Waals surface area contributed by atoms with Crippen LogP contribution in [0.1, 0.15) is 36.6 Å². The number of fused-ring (bicyclic) bond motifs is 1. The second kappa shape index (κ2) is 10.6. The normalized spacial score (nSPS) is 23.6. The zero-order valence-electron chi connectivity index (χ0n) is 20.1. The lowest BCUT2D eigenvalue weighted by atomic mass is 9.85. The molecule has 3 atom stereocenters. The number of nitrogens with zero attached hydrogens (tertiary/aromatic N) is 1. The summed E-state index contributed by atoms with van der Waals surface area (Å²) < 4.78 is 11.7. The van der Waals surface area contributed by atoms with Crippen LogP contribution in [0.5, 0.6) is 5.75 Å². The molecule has 1 fully saturated rings. The Hall–Kier alpha value is -3.14. The Balaban J connectivity index is 1.34. The fourth-order valence-electron chi connectivity index (χ4n) is 4.61. The van der Waals surface area contributed by atoms with Gasteiger partial charge in [0.25, 0.3) is 0 Å². The molecular formula is C26H33N3O6. The van der Waals surface area contributed by atoms with Crippen molar-refractivity contribution in [2.45, 2.75) is 50.7 Å². The van der Waals surface area contributed by atoms with Crippen LogP contribution >= 0.6 is 0 Å². The van der Waals surface area contributed by atoms with Gasteiger partial charge in [-0.15, -0.1) is 0 Å². The number of aliphatic hydroxyl groups is 1. The van der Waals surface area contributed by atoms with Crippen LogP contribution in [0.15, 0.2) is 48.5 Å². The first-order chi connectivity index (χ1) is 16.7. The summed E-state index contributed by atoms with van der Waals surface area (Å²) in [7, 11) is 0. The molecule has 2 aliphatic heterocycles. The minimum absolute atomic E-state index is 0.0881. The van der Waals surface area contributed by atoms with E-state index in [-0.39, 0.29) is 18.4 Å². The van der Waals surface area contributed by atoms with E-state index in [1.807, 2.05) is 18.2 Å². The van der Waals surface area contributed by atoms with E-state index in [0.29, 0.717) is 30.0 Å². The van der Waals surface area contributed by atoms with Gasteiger partial charge in [-0.1, -0.05) is 36.4 Å². The van der Waals surface area contributed by atoms with Gasteiger partial charge in [-0.2, -0.15) is 0 Å². The van der Waals surface area contributed by atoms with Crippen molar-refractivity contribution in [3.05, 3.63) is 65.2 Å². The lowest BCUT2D eigenvalue weighted by Gasteiger charge is -2.42. The second-order valence-corrected chi connectivity index (χ2v) is 9.64. The molecule has 35 heavy (non-hydrogen) atoms. The maximum Gasteiger partial charge on any atom is 0.405 e. The van der Waals surface area contributed by atoms with E-state index in [2.05, 4.69) is 27.7 Å². The van der Waals surface area contributed by atoms with Crippen LogP contribution in [-0.2, 0) is 22.5 Å². The predicted octanol–water partition coefficient (Wildman–Crippen LogP) is 2.09. The smallest absolute Gasteiger partial charge is 0.405 e. The average molecular weight is 484 g/mol. The molecule has 188 valence electrons. The van der Waals surface area contributed by atoms with Gasteiger partial charge < -0.3 is 30.3 Å². The van der Waals surface area contributed by atoms with Gasteiger partial charge in [0.05, 0.1) is 25.2 Å². The van der Waals surface area contributed by atoms with E-state index in [1.54, 1.807) is 32.0 Å². The topological polar surface area (TPSA) is 120 Å². The molecular weight excluding hydrogens is 450 g/mol. The minimum atomic E-state index is -1.24. The third-order valence-electron chi connectivity index (χ3n) is 6.45. The maximum absolute atomic E-state index is 12.7. The third-order valence-corrected chi connectivity index (χ3v) is 6.45. The van der Waals surface area contributed by atoms with E-state index in [9.17, 15) is 19.8 Å². The Morgan fingerprint density at radius 1 is 1.14 bits per heavy atom. The van der Waals surface area contributed by atoms with E-state index in [0.717, 1.165) is 19.6 Å². The van der Waals surface area contributed by atoms with Crippen LogP contribution in [0.25, 0.3) is 0 Å². The number of carboxylic acid groups (broad SMARTS) is 1. The molecule has 0 radical (unpaired) electrons. The lowest BCUT2D eigenvalue weighted by Crippen LogP contribution is -2.53. The van der Waals surface area contributed by atoms with Crippen LogP contribution in [0.4, 0.5) is 4.79 Å². The van der Waals surface area contributed by atoms with Crippen molar-refractivity contribution in [2.24, 2.45) is 0 Å². The van der Waals surface area contributed by atoms with Crippen molar-refractivity contribution >= 4 is 12.0 Å². The molecule has 9 nitrogen and oxygen atoms in total. The van der Waals surface area contributed by atoms with Gasteiger partial charge in [-0.05, 0) is 37.1 Å². The fourth-order valence-corrected chi connectivity index (χ4v) is 4.61. The molecule has 2 amide bonds. The van der Waals surface area contributed by atoms with Crippen molar-refractivity contribution in [1.82, 2.24) is 15.5 Å². The van der Waals surface area contributed by atoms with E-state index in [1.165, 1.54) is 5.56 Å². The van der Waals surface area contributed by atoms with Crippen LogP contribution < -0.4 is 15.4 Å². The van der Waals surface area contributed by atoms with Gasteiger partial charge in [-0.25, -0.2) is 4.79 Å². The monoisotopic (exact) mass is 483 g/mol. The van der Waals surface area contributed by atoms with Gasteiger partial charge in [0.2, 0.25) is 5.91 Å². The zero-order chi connectivity index (χ0) is 25.0. The number of hydrogen-bond donors (Lipinski definition) is 4.